The fourth-order valence-corrected chi connectivity index (χ4v) is 0.838. The summed E-state index contributed by atoms with van der Waals surface area (Å²) in [6.45, 7) is 6.28. The van der Waals surface area contributed by atoms with Gasteiger partial charge >= 0.3 is 5.97 Å². The Hall–Kier alpha value is -0.530. The molecule has 0 aliphatic carbocycles. The summed E-state index contributed by atoms with van der Waals surface area (Å²) in [4.78, 5) is 10.9. The molecule has 0 saturated heterocycles. The van der Waals surface area contributed by atoms with Crippen LogP contribution in [0.3, 0.4) is 0 Å². The van der Waals surface area contributed by atoms with Gasteiger partial charge in [-0.25, -0.2) is 0 Å². The van der Waals surface area contributed by atoms with Crippen LogP contribution in [-0.2, 0) is 9.53 Å². The van der Waals surface area contributed by atoms with E-state index in [4.69, 9.17) is 4.74 Å². The van der Waals surface area contributed by atoms with Gasteiger partial charge in [-0.1, -0.05) is 26.2 Å². The van der Waals surface area contributed by atoms with Crippen molar-refractivity contribution in [1.82, 2.24) is 0 Å². The van der Waals surface area contributed by atoms with Crippen molar-refractivity contribution in [2.75, 3.05) is 6.61 Å². The van der Waals surface area contributed by atoms with Gasteiger partial charge in [0.2, 0.25) is 0 Å². The molecule has 0 fully saturated rings. The number of hydrogen-bond acceptors (Lipinski definition) is 2. The Morgan fingerprint density at radius 1 is 1.17 bits per heavy atom. The molecule has 0 spiro atoms. The van der Waals surface area contributed by atoms with Crippen molar-refractivity contribution in [1.29, 1.82) is 0 Å². The minimum absolute atomic E-state index is 0.161. The molecule has 0 aromatic rings. The maximum Gasteiger partial charge on any atom is 0.312 e. The number of ether oxygens (including phenoxy) is 1. The summed E-state index contributed by atoms with van der Waals surface area (Å²) in [5.74, 6) is 0.567. The molecule has 0 rings (SSSR count). The van der Waals surface area contributed by atoms with E-state index < -0.39 is 0 Å². The van der Waals surface area contributed by atoms with Gasteiger partial charge in [-0.2, -0.15) is 0 Å². The van der Waals surface area contributed by atoms with Crippen LogP contribution in [0.4, 0.5) is 0 Å². The predicted octanol–water partition coefficient (Wildman–Crippen LogP) is 2.72. The van der Waals surface area contributed by atoms with Crippen LogP contribution in [-0.4, -0.2) is 12.6 Å². The van der Waals surface area contributed by atoms with Gasteiger partial charge in [0.1, 0.15) is 0 Å². The molecule has 0 aliphatic heterocycles. The molecule has 2 heteroatoms. The summed E-state index contributed by atoms with van der Waals surface area (Å²) in [7, 11) is 0. The first-order valence-corrected chi connectivity index (χ1v) is 4.65. The first kappa shape index (κ1) is 11.5. The lowest BCUT2D eigenvalue weighted by Gasteiger charge is -2.05. The Kier molecular flexibility index (Phi) is 6.82. The van der Waals surface area contributed by atoms with E-state index in [1.807, 2.05) is 0 Å². The van der Waals surface area contributed by atoms with Crippen LogP contribution in [0.2, 0.25) is 0 Å². The number of rotatable bonds is 6. The molecule has 0 aromatic heterocycles. The van der Waals surface area contributed by atoms with E-state index in [2.05, 4.69) is 6.92 Å². The average Bonchev–Trinajstić information content (AvgIpc) is 2.03. The Morgan fingerprint density at radius 2 is 1.83 bits per heavy atom. The lowest BCUT2D eigenvalue weighted by atomic mass is 10.2. The predicted molar refractivity (Wildman–Crippen MR) is 49.7 cm³/mol. The van der Waals surface area contributed by atoms with Crippen molar-refractivity contribution in [3.63, 3.8) is 0 Å². The second-order valence-corrected chi connectivity index (χ2v) is 3.20. The van der Waals surface area contributed by atoms with Crippen LogP contribution in [0, 0.1) is 5.92 Å². The quantitative estimate of drug-likeness (QED) is 0.453. The highest BCUT2D eigenvalue weighted by molar-refractivity contribution is 5.83. The fourth-order valence-electron chi connectivity index (χ4n) is 0.838. The van der Waals surface area contributed by atoms with Crippen molar-refractivity contribution in [3.8, 4) is 0 Å². The van der Waals surface area contributed by atoms with E-state index in [0.29, 0.717) is 6.61 Å². The SMILES string of the molecule is CCCCCCOC(=O)[C](C)C. The fraction of sp³-hybridized carbons (Fsp3) is 0.800. The molecule has 0 bridgehead atoms. The summed E-state index contributed by atoms with van der Waals surface area (Å²) in [6.07, 6.45) is 4.60. The van der Waals surface area contributed by atoms with Crippen LogP contribution >= 0.6 is 0 Å². The van der Waals surface area contributed by atoms with Gasteiger partial charge in [-0.15, -0.1) is 0 Å². The topological polar surface area (TPSA) is 26.3 Å². The number of esters is 1. The third kappa shape index (κ3) is 6.20. The zero-order valence-corrected chi connectivity index (χ0v) is 8.35. The van der Waals surface area contributed by atoms with Gasteiger partial charge in [0.25, 0.3) is 0 Å². The molecule has 1 radical (unpaired) electrons. The molecule has 0 amide bonds. The smallest absolute Gasteiger partial charge is 0.312 e. The van der Waals surface area contributed by atoms with Crippen LogP contribution in [0.5, 0.6) is 0 Å². The monoisotopic (exact) mass is 171 g/mol. The lowest BCUT2D eigenvalue weighted by Crippen LogP contribution is -2.10. The Balaban J connectivity index is 3.14. The van der Waals surface area contributed by atoms with Gasteiger partial charge in [0.15, 0.2) is 0 Å². The molecule has 71 valence electrons. The van der Waals surface area contributed by atoms with Gasteiger partial charge in [0, 0.05) is 0 Å². The molecule has 0 aromatic carbocycles. The van der Waals surface area contributed by atoms with Crippen molar-refractivity contribution in [2.24, 2.45) is 0 Å². The van der Waals surface area contributed by atoms with E-state index >= 15 is 0 Å². The minimum atomic E-state index is -0.161. The Labute approximate surface area is 75.3 Å². The highest BCUT2D eigenvalue weighted by Crippen LogP contribution is 2.02. The van der Waals surface area contributed by atoms with Gasteiger partial charge in [-0.05, 0) is 20.3 Å². The molecule has 0 unspecified atom stereocenters. The lowest BCUT2D eigenvalue weighted by molar-refractivity contribution is -0.141. The summed E-state index contributed by atoms with van der Waals surface area (Å²) < 4.78 is 4.97. The number of carbonyl (C=O) groups is 1. The number of carbonyl (C=O) groups excluding carboxylic acids is 1. The van der Waals surface area contributed by atoms with E-state index in [9.17, 15) is 4.79 Å². The molecular weight excluding hydrogens is 152 g/mol. The standard InChI is InChI=1S/C10H19O2/c1-4-5-6-7-8-12-10(11)9(2)3/h4-8H2,1-3H3. The Bertz CT molecular complexity index is 119. The second kappa shape index (κ2) is 7.14. The van der Waals surface area contributed by atoms with E-state index in [1.165, 1.54) is 12.8 Å². The molecular formula is C10H19O2. The summed E-state index contributed by atoms with van der Waals surface area (Å²) in [6, 6.07) is 0. The summed E-state index contributed by atoms with van der Waals surface area (Å²) in [5.41, 5.74) is 0. The van der Waals surface area contributed by atoms with Gasteiger partial charge in [-0.3, -0.25) is 4.79 Å². The van der Waals surface area contributed by atoms with Crippen LogP contribution < -0.4 is 0 Å². The molecule has 0 saturated carbocycles. The summed E-state index contributed by atoms with van der Waals surface area (Å²) >= 11 is 0. The van der Waals surface area contributed by atoms with Crippen LogP contribution in [0.15, 0.2) is 0 Å². The average molecular weight is 171 g/mol. The van der Waals surface area contributed by atoms with Crippen molar-refractivity contribution in [2.45, 2.75) is 46.5 Å². The van der Waals surface area contributed by atoms with E-state index in [-0.39, 0.29) is 5.97 Å². The molecule has 2 nitrogen and oxygen atoms in total. The molecule has 0 aliphatic rings. The second-order valence-electron chi connectivity index (χ2n) is 3.20. The normalized spacial score (nSPS) is 10.3. The minimum Gasteiger partial charge on any atom is -0.465 e. The third-order valence-corrected chi connectivity index (χ3v) is 1.64. The van der Waals surface area contributed by atoms with Gasteiger partial charge in [0.05, 0.1) is 12.5 Å². The molecule has 0 atom stereocenters. The zero-order valence-electron chi connectivity index (χ0n) is 8.35. The third-order valence-electron chi connectivity index (χ3n) is 1.64. The Morgan fingerprint density at radius 3 is 2.33 bits per heavy atom. The zero-order chi connectivity index (χ0) is 9.40. The largest absolute Gasteiger partial charge is 0.465 e. The van der Waals surface area contributed by atoms with E-state index in [1.54, 1.807) is 13.8 Å². The maximum absolute atomic E-state index is 10.9. The van der Waals surface area contributed by atoms with Crippen LogP contribution in [0.1, 0.15) is 46.5 Å². The van der Waals surface area contributed by atoms with Crippen molar-refractivity contribution < 1.29 is 9.53 Å². The number of unbranched alkanes of at least 4 members (excludes halogenated alkanes) is 3. The van der Waals surface area contributed by atoms with Crippen molar-refractivity contribution >= 4 is 5.97 Å². The number of hydrogen-bond donors (Lipinski definition) is 0. The van der Waals surface area contributed by atoms with Crippen molar-refractivity contribution in [3.05, 3.63) is 5.92 Å². The molecule has 12 heavy (non-hydrogen) atoms. The maximum atomic E-state index is 10.9. The van der Waals surface area contributed by atoms with E-state index in [0.717, 1.165) is 18.8 Å². The highest BCUT2D eigenvalue weighted by Gasteiger charge is 2.07. The molecule has 0 heterocycles. The first-order valence-electron chi connectivity index (χ1n) is 4.65. The summed E-state index contributed by atoms with van der Waals surface area (Å²) in [5, 5.41) is 0. The van der Waals surface area contributed by atoms with Crippen LogP contribution in [0.25, 0.3) is 0 Å². The first-order chi connectivity index (χ1) is 5.68. The molecule has 0 N–H and O–H groups in total. The highest BCUT2D eigenvalue weighted by atomic mass is 16.5. The van der Waals surface area contributed by atoms with Gasteiger partial charge < -0.3 is 4.74 Å².